The van der Waals surface area contributed by atoms with Crippen molar-refractivity contribution in [1.29, 1.82) is 0 Å². The zero-order chi connectivity index (χ0) is 16.2. The van der Waals surface area contributed by atoms with Crippen LogP contribution in [0.5, 0.6) is 0 Å². The number of carbonyl (C=O) groups is 1. The average Bonchev–Trinajstić information content (AvgIpc) is 2.57. The van der Waals surface area contributed by atoms with E-state index in [-0.39, 0.29) is 17.8 Å². The van der Waals surface area contributed by atoms with Crippen LogP contribution in [0.2, 0.25) is 0 Å². The molecule has 0 saturated heterocycles. The molecule has 0 aliphatic carbocycles. The monoisotopic (exact) mass is 371 g/mol. The molecule has 2 aromatic carbocycles. The fraction of sp³-hybridized carbons (Fsp3) is 0.118. The number of halogens is 1. The summed E-state index contributed by atoms with van der Waals surface area (Å²) in [6.45, 7) is 0.400. The molecule has 5 nitrogen and oxygen atoms in total. The normalized spacial score (nSPS) is 10.7. The Morgan fingerprint density at radius 3 is 2.70 bits per heavy atom. The molecule has 1 N–H and O–H groups in total. The van der Waals surface area contributed by atoms with E-state index < -0.39 is 0 Å². The number of nitrogens with zero attached hydrogens (tertiary/aromatic N) is 2. The van der Waals surface area contributed by atoms with Gasteiger partial charge in [-0.1, -0.05) is 24.3 Å². The molecule has 3 aromatic rings. The van der Waals surface area contributed by atoms with Crippen molar-refractivity contribution in [2.24, 2.45) is 0 Å². The van der Waals surface area contributed by atoms with Gasteiger partial charge in [0, 0.05) is 16.3 Å². The zero-order valence-corrected chi connectivity index (χ0v) is 13.8. The van der Waals surface area contributed by atoms with Crippen LogP contribution < -0.4 is 10.7 Å². The van der Waals surface area contributed by atoms with E-state index in [1.807, 2.05) is 42.5 Å². The highest BCUT2D eigenvalue weighted by atomic mass is 79.9. The lowest BCUT2D eigenvalue weighted by Gasteiger charge is -2.10. The number of hydrogen-bond donors (Lipinski definition) is 1. The fourth-order valence-corrected chi connectivity index (χ4v) is 2.71. The van der Waals surface area contributed by atoms with Gasteiger partial charge < -0.3 is 5.32 Å². The van der Waals surface area contributed by atoms with Gasteiger partial charge in [0.2, 0.25) is 11.3 Å². The van der Waals surface area contributed by atoms with Crippen molar-refractivity contribution >= 4 is 38.4 Å². The first-order valence-electron chi connectivity index (χ1n) is 7.14. The number of benzene rings is 2. The Morgan fingerprint density at radius 1 is 1.13 bits per heavy atom. The third-order valence-electron chi connectivity index (χ3n) is 3.46. The lowest BCUT2D eigenvalue weighted by molar-refractivity contribution is -0.116. The SMILES string of the molecule is O=C(CCn1ncc(=O)c2ccccc21)Nc1ccccc1Br. The van der Waals surface area contributed by atoms with E-state index in [0.29, 0.717) is 11.9 Å². The fourth-order valence-electron chi connectivity index (χ4n) is 2.32. The second-order valence-corrected chi connectivity index (χ2v) is 5.88. The van der Waals surface area contributed by atoms with E-state index in [1.54, 1.807) is 10.7 Å². The van der Waals surface area contributed by atoms with Crippen LogP contribution in [-0.4, -0.2) is 15.7 Å². The topological polar surface area (TPSA) is 64.0 Å². The maximum atomic E-state index is 12.1. The first-order chi connectivity index (χ1) is 11.1. The average molecular weight is 372 g/mol. The van der Waals surface area contributed by atoms with Crippen LogP contribution in [0.25, 0.3) is 10.9 Å². The molecule has 0 aliphatic rings. The molecule has 0 saturated carbocycles. The maximum absolute atomic E-state index is 12.1. The lowest BCUT2D eigenvalue weighted by atomic mass is 10.2. The highest BCUT2D eigenvalue weighted by molar-refractivity contribution is 9.10. The summed E-state index contributed by atoms with van der Waals surface area (Å²) >= 11 is 3.39. The summed E-state index contributed by atoms with van der Waals surface area (Å²) in [5.74, 6) is -0.110. The number of fused-ring (bicyclic) bond motifs is 1. The van der Waals surface area contributed by atoms with Gasteiger partial charge in [0.05, 0.1) is 23.9 Å². The van der Waals surface area contributed by atoms with Crippen molar-refractivity contribution in [2.45, 2.75) is 13.0 Å². The summed E-state index contributed by atoms with van der Waals surface area (Å²) in [7, 11) is 0. The number of hydrogen-bond acceptors (Lipinski definition) is 3. The minimum atomic E-state index is -0.116. The van der Waals surface area contributed by atoms with Gasteiger partial charge in [0.15, 0.2) is 0 Å². The van der Waals surface area contributed by atoms with E-state index in [0.717, 1.165) is 15.7 Å². The van der Waals surface area contributed by atoms with Crippen molar-refractivity contribution in [1.82, 2.24) is 9.78 Å². The number of carbonyl (C=O) groups excluding carboxylic acids is 1. The number of aromatic nitrogens is 2. The molecule has 0 radical (unpaired) electrons. The van der Waals surface area contributed by atoms with E-state index >= 15 is 0 Å². The molecule has 0 unspecified atom stereocenters. The Hall–Kier alpha value is -2.47. The van der Waals surface area contributed by atoms with E-state index in [1.165, 1.54) is 6.20 Å². The Morgan fingerprint density at radius 2 is 1.87 bits per heavy atom. The number of rotatable bonds is 4. The molecular formula is C17H14BrN3O2. The smallest absolute Gasteiger partial charge is 0.226 e. The summed E-state index contributed by atoms with van der Waals surface area (Å²) in [5.41, 5.74) is 1.35. The molecule has 1 amide bonds. The number of aryl methyl sites for hydroxylation is 1. The molecule has 116 valence electrons. The number of para-hydroxylation sites is 2. The van der Waals surface area contributed by atoms with Crippen LogP contribution in [0.1, 0.15) is 6.42 Å². The molecule has 0 fully saturated rings. The summed E-state index contributed by atoms with van der Waals surface area (Å²) in [6, 6.07) is 14.7. The van der Waals surface area contributed by atoms with Gasteiger partial charge in [-0.25, -0.2) is 0 Å². The van der Waals surface area contributed by atoms with Crippen molar-refractivity contribution in [3.05, 3.63) is 69.4 Å². The Balaban J connectivity index is 1.74. The predicted octanol–water partition coefficient (Wildman–Crippen LogP) is 3.19. The first-order valence-corrected chi connectivity index (χ1v) is 7.94. The molecule has 6 heteroatoms. The van der Waals surface area contributed by atoms with Gasteiger partial charge in [-0.05, 0) is 40.2 Å². The number of amides is 1. The molecule has 1 heterocycles. The van der Waals surface area contributed by atoms with E-state index in [9.17, 15) is 9.59 Å². The van der Waals surface area contributed by atoms with Gasteiger partial charge in [-0.2, -0.15) is 5.10 Å². The quantitative estimate of drug-likeness (QED) is 0.765. The molecule has 0 atom stereocenters. The summed E-state index contributed by atoms with van der Waals surface area (Å²) in [6.07, 6.45) is 1.55. The molecular weight excluding hydrogens is 358 g/mol. The number of nitrogens with one attached hydrogen (secondary N) is 1. The second kappa shape index (κ2) is 6.75. The highest BCUT2D eigenvalue weighted by Crippen LogP contribution is 2.21. The van der Waals surface area contributed by atoms with E-state index in [4.69, 9.17) is 0 Å². The Labute approximate surface area is 141 Å². The van der Waals surface area contributed by atoms with Gasteiger partial charge in [0.25, 0.3) is 0 Å². The Kier molecular flexibility index (Phi) is 4.52. The molecule has 0 bridgehead atoms. The van der Waals surface area contributed by atoms with Crippen LogP contribution in [0.15, 0.2) is 64.0 Å². The third kappa shape index (κ3) is 3.48. The largest absolute Gasteiger partial charge is 0.325 e. The van der Waals surface area contributed by atoms with Crippen LogP contribution in [0.4, 0.5) is 5.69 Å². The first kappa shape index (κ1) is 15.4. The van der Waals surface area contributed by atoms with Crippen molar-refractivity contribution in [2.75, 3.05) is 5.32 Å². The van der Waals surface area contributed by atoms with Gasteiger partial charge in [-0.15, -0.1) is 0 Å². The predicted molar refractivity (Wildman–Crippen MR) is 93.4 cm³/mol. The summed E-state index contributed by atoms with van der Waals surface area (Å²) < 4.78 is 2.51. The molecule has 3 rings (SSSR count). The molecule has 0 aliphatic heterocycles. The molecule has 23 heavy (non-hydrogen) atoms. The third-order valence-corrected chi connectivity index (χ3v) is 4.15. The van der Waals surface area contributed by atoms with Crippen LogP contribution in [-0.2, 0) is 11.3 Å². The standard InChI is InChI=1S/C17H14BrN3O2/c18-13-6-2-3-7-14(13)20-17(23)9-10-21-15-8-4-1-5-12(15)16(22)11-19-21/h1-8,11H,9-10H2,(H,20,23). The summed E-state index contributed by atoms with van der Waals surface area (Å²) in [5, 5.41) is 7.57. The summed E-state index contributed by atoms with van der Waals surface area (Å²) in [4.78, 5) is 23.9. The maximum Gasteiger partial charge on any atom is 0.226 e. The van der Waals surface area contributed by atoms with Crippen LogP contribution in [0.3, 0.4) is 0 Å². The molecule has 1 aromatic heterocycles. The zero-order valence-electron chi connectivity index (χ0n) is 12.2. The van der Waals surface area contributed by atoms with Crippen molar-refractivity contribution < 1.29 is 4.79 Å². The van der Waals surface area contributed by atoms with Gasteiger partial charge in [-0.3, -0.25) is 14.3 Å². The van der Waals surface area contributed by atoms with Gasteiger partial charge in [0.1, 0.15) is 0 Å². The molecule has 0 spiro atoms. The van der Waals surface area contributed by atoms with E-state index in [2.05, 4.69) is 26.3 Å². The van der Waals surface area contributed by atoms with Crippen LogP contribution in [0, 0.1) is 0 Å². The van der Waals surface area contributed by atoms with Crippen molar-refractivity contribution in [3.8, 4) is 0 Å². The van der Waals surface area contributed by atoms with Gasteiger partial charge >= 0.3 is 0 Å². The minimum Gasteiger partial charge on any atom is -0.325 e. The minimum absolute atomic E-state index is 0.110. The second-order valence-electron chi connectivity index (χ2n) is 5.03. The Bertz CT molecular complexity index is 921. The van der Waals surface area contributed by atoms with Crippen molar-refractivity contribution in [3.63, 3.8) is 0 Å². The number of anilines is 1. The lowest BCUT2D eigenvalue weighted by Crippen LogP contribution is -2.18. The highest BCUT2D eigenvalue weighted by Gasteiger charge is 2.08. The van der Waals surface area contributed by atoms with Crippen LogP contribution >= 0.6 is 15.9 Å².